The van der Waals surface area contributed by atoms with Gasteiger partial charge in [-0.05, 0) is 24.3 Å². The van der Waals surface area contributed by atoms with Crippen molar-refractivity contribution >= 4 is 23.0 Å². The summed E-state index contributed by atoms with van der Waals surface area (Å²) in [5, 5.41) is 20.5. The quantitative estimate of drug-likeness (QED) is 0.404. The molecule has 0 saturated heterocycles. The number of furan rings is 1. The van der Waals surface area contributed by atoms with E-state index in [1.165, 1.54) is 23.3 Å². The topological polar surface area (TPSA) is 143 Å². The minimum absolute atomic E-state index is 0.0381. The molecule has 28 heavy (non-hydrogen) atoms. The van der Waals surface area contributed by atoms with Gasteiger partial charge in [-0.15, -0.1) is 0 Å². The number of nitrogens with one attached hydrogen (secondary N) is 4. The summed E-state index contributed by atoms with van der Waals surface area (Å²) >= 11 is 0. The highest BCUT2D eigenvalue weighted by Crippen LogP contribution is 2.31. The number of carbonyl (C=O) groups excluding carboxylic acids is 1. The SMILES string of the molecule is CN(C)C(=O)c1cccc(Nc2c(NCc3ccco3)c(=O)[nH][nH]c2=O)c1O. The van der Waals surface area contributed by atoms with Gasteiger partial charge in [-0.2, -0.15) is 0 Å². The van der Waals surface area contributed by atoms with Crippen LogP contribution in [0.15, 0.2) is 50.6 Å². The van der Waals surface area contributed by atoms with Crippen LogP contribution in [-0.2, 0) is 6.54 Å². The molecule has 0 atom stereocenters. The first kappa shape index (κ1) is 18.8. The molecule has 3 rings (SSSR count). The lowest BCUT2D eigenvalue weighted by Gasteiger charge is -2.16. The molecule has 3 aromatic rings. The predicted octanol–water partition coefficient (Wildman–Crippen LogP) is 1.42. The Morgan fingerprint density at radius 1 is 1.11 bits per heavy atom. The number of amides is 1. The Balaban J connectivity index is 1.98. The van der Waals surface area contributed by atoms with Crippen LogP contribution in [0.5, 0.6) is 5.75 Å². The van der Waals surface area contributed by atoms with Crippen LogP contribution < -0.4 is 21.8 Å². The maximum Gasteiger partial charge on any atom is 0.288 e. The van der Waals surface area contributed by atoms with E-state index in [1.807, 2.05) is 0 Å². The van der Waals surface area contributed by atoms with Crippen molar-refractivity contribution in [3.8, 4) is 5.75 Å². The van der Waals surface area contributed by atoms with Crippen LogP contribution in [-0.4, -0.2) is 40.2 Å². The maximum atomic E-state index is 12.3. The van der Waals surface area contributed by atoms with Gasteiger partial charge in [-0.25, -0.2) is 0 Å². The molecule has 0 saturated carbocycles. The molecule has 1 amide bonds. The number of hydrogen-bond donors (Lipinski definition) is 5. The fourth-order valence-electron chi connectivity index (χ4n) is 2.53. The number of rotatable bonds is 6. The first-order chi connectivity index (χ1) is 13.4. The van der Waals surface area contributed by atoms with E-state index in [2.05, 4.69) is 20.8 Å². The number of phenolic OH excluding ortho intramolecular Hbond substituents is 1. The van der Waals surface area contributed by atoms with Crippen molar-refractivity contribution < 1.29 is 14.3 Å². The molecule has 10 nitrogen and oxygen atoms in total. The van der Waals surface area contributed by atoms with Crippen LogP contribution in [0, 0.1) is 0 Å². The monoisotopic (exact) mass is 385 g/mol. The zero-order valence-corrected chi connectivity index (χ0v) is 15.2. The minimum atomic E-state index is -0.620. The molecule has 0 aliphatic carbocycles. The van der Waals surface area contributed by atoms with Crippen molar-refractivity contribution in [2.45, 2.75) is 6.54 Å². The summed E-state index contributed by atoms with van der Waals surface area (Å²) < 4.78 is 5.20. The van der Waals surface area contributed by atoms with Gasteiger partial charge in [0.1, 0.15) is 17.1 Å². The average Bonchev–Trinajstić information content (AvgIpc) is 3.18. The zero-order chi connectivity index (χ0) is 20.3. The zero-order valence-electron chi connectivity index (χ0n) is 15.2. The molecule has 5 N–H and O–H groups in total. The molecule has 0 aliphatic rings. The average molecular weight is 385 g/mol. The Hall–Kier alpha value is -3.95. The highest BCUT2D eigenvalue weighted by molar-refractivity contribution is 5.98. The summed E-state index contributed by atoms with van der Waals surface area (Å²) in [6, 6.07) is 7.91. The molecule has 0 bridgehead atoms. The maximum absolute atomic E-state index is 12.3. The van der Waals surface area contributed by atoms with E-state index in [1.54, 1.807) is 32.3 Å². The van der Waals surface area contributed by atoms with E-state index >= 15 is 0 Å². The van der Waals surface area contributed by atoms with Gasteiger partial charge in [0, 0.05) is 14.1 Å². The molecule has 0 spiro atoms. The number of hydrogen-bond acceptors (Lipinski definition) is 7. The van der Waals surface area contributed by atoms with Gasteiger partial charge >= 0.3 is 0 Å². The number of aromatic amines is 2. The highest BCUT2D eigenvalue weighted by atomic mass is 16.3. The molecule has 2 heterocycles. The number of benzene rings is 1. The molecule has 10 heteroatoms. The number of nitrogens with zero attached hydrogens (tertiary/aromatic N) is 1. The van der Waals surface area contributed by atoms with Crippen molar-refractivity contribution in [2.75, 3.05) is 24.7 Å². The third-order valence-corrected chi connectivity index (χ3v) is 3.95. The highest BCUT2D eigenvalue weighted by Gasteiger charge is 2.19. The van der Waals surface area contributed by atoms with Crippen LogP contribution >= 0.6 is 0 Å². The first-order valence-electron chi connectivity index (χ1n) is 8.30. The Morgan fingerprint density at radius 3 is 2.46 bits per heavy atom. The molecule has 2 aromatic heterocycles. The second-order valence-electron chi connectivity index (χ2n) is 6.12. The van der Waals surface area contributed by atoms with E-state index in [0.29, 0.717) is 5.76 Å². The lowest BCUT2D eigenvalue weighted by molar-refractivity contribution is 0.0824. The van der Waals surface area contributed by atoms with Crippen LogP contribution in [0.2, 0.25) is 0 Å². The molecule has 146 valence electrons. The van der Waals surface area contributed by atoms with Gasteiger partial charge in [-0.1, -0.05) is 6.07 Å². The van der Waals surface area contributed by atoms with Gasteiger partial charge < -0.3 is 25.1 Å². The molecular formula is C18H19N5O5. The number of H-pyrrole nitrogens is 2. The lowest BCUT2D eigenvalue weighted by Crippen LogP contribution is -2.26. The Labute approximate surface area is 158 Å². The van der Waals surface area contributed by atoms with Crippen molar-refractivity contribution in [3.63, 3.8) is 0 Å². The van der Waals surface area contributed by atoms with Gasteiger partial charge in [0.2, 0.25) is 0 Å². The fourth-order valence-corrected chi connectivity index (χ4v) is 2.53. The van der Waals surface area contributed by atoms with Crippen molar-refractivity contribution in [2.24, 2.45) is 0 Å². The lowest BCUT2D eigenvalue weighted by atomic mass is 10.1. The second kappa shape index (κ2) is 7.74. The van der Waals surface area contributed by atoms with Crippen molar-refractivity contribution in [3.05, 3.63) is 68.6 Å². The molecule has 0 radical (unpaired) electrons. The standard InChI is InChI=1S/C18H19N5O5/c1-23(2)18(27)11-6-3-7-12(15(11)24)20-14-13(16(25)21-22-17(14)26)19-9-10-5-4-8-28-10/h3-8,24H,9H2,1-2H3,(H2,19,22,26)(H2,20,21,25). The van der Waals surface area contributed by atoms with E-state index in [4.69, 9.17) is 4.42 Å². The summed E-state index contributed by atoms with van der Waals surface area (Å²) in [6.45, 7) is 0.166. The molecule has 0 unspecified atom stereocenters. The Bertz CT molecular complexity index is 1100. The number of aromatic hydroxyl groups is 1. The van der Waals surface area contributed by atoms with E-state index in [-0.39, 0.29) is 34.9 Å². The predicted molar refractivity (Wildman–Crippen MR) is 103 cm³/mol. The Morgan fingerprint density at radius 2 is 1.82 bits per heavy atom. The third kappa shape index (κ3) is 3.75. The molecule has 1 aromatic carbocycles. The van der Waals surface area contributed by atoms with Gasteiger partial charge in [0.25, 0.3) is 17.0 Å². The van der Waals surface area contributed by atoms with Crippen LogP contribution in [0.25, 0.3) is 0 Å². The minimum Gasteiger partial charge on any atom is -0.505 e. The number of aromatic nitrogens is 2. The normalized spacial score (nSPS) is 10.5. The number of carbonyl (C=O) groups is 1. The summed E-state index contributed by atoms with van der Waals surface area (Å²) in [7, 11) is 3.11. The van der Waals surface area contributed by atoms with Crippen LogP contribution in [0.1, 0.15) is 16.1 Å². The van der Waals surface area contributed by atoms with Crippen molar-refractivity contribution in [1.29, 1.82) is 0 Å². The molecular weight excluding hydrogens is 366 g/mol. The summed E-state index contributed by atoms with van der Waals surface area (Å²) in [6.07, 6.45) is 1.49. The molecule has 0 aliphatic heterocycles. The van der Waals surface area contributed by atoms with Gasteiger partial charge in [-0.3, -0.25) is 24.6 Å². The smallest absolute Gasteiger partial charge is 0.288 e. The largest absolute Gasteiger partial charge is 0.505 e. The summed E-state index contributed by atoms with van der Waals surface area (Å²) in [5.41, 5.74) is -1.19. The fraction of sp³-hybridized carbons (Fsp3) is 0.167. The second-order valence-corrected chi connectivity index (χ2v) is 6.12. The number of para-hydroxylation sites is 1. The summed E-state index contributed by atoms with van der Waals surface area (Å²) in [5.74, 6) is -0.179. The van der Waals surface area contributed by atoms with E-state index < -0.39 is 17.0 Å². The van der Waals surface area contributed by atoms with Crippen LogP contribution in [0.3, 0.4) is 0 Å². The summed E-state index contributed by atoms with van der Waals surface area (Å²) in [4.78, 5) is 38.0. The van der Waals surface area contributed by atoms with E-state index in [9.17, 15) is 19.5 Å². The first-order valence-corrected chi connectivity index (χ1v) is 8.30. The third-order valence-electron chi connectivity index (χ3n) is 3.95. The van der Waals surface area contributed by atoms with Gasteiger partial charge in [0.05, 0.1) is 24.1 Å². The van der Waals surface area contributed by atoms with Crippen molar-refractivity contribution in [1.82, 2.24) is 15.1 Å². The van der Waals surface area contributed by atoms with Crippen LogP contribution in [0.4, 0.5) is 17.1 Å². The molecule has 0 fully saturated rings. The Kier molecular flexibility index (Phi) is 5.21. The van der Waals surface area contributed by atoms with Gasteiger partial charge in [0.15, 0.2) is 5.75 Å². The van der Waals surface area contributed by atoms with E-state index in [0.717, 1.165) is 0 Å². The number of anilines is 3. The number of phenols is 1.